The van der Waals surface area contributed by atoms with Gasteiger partial charge in [-0.15, -0.1) is 0 Å². The van der Waals surface area contributed by atoms with Gasteiger partial charge in [-0.05, 0) is 69.1 Å². The van der Waals surface area contributed by atoms with E-state index in [0.717, 1.165) is 19.3 Å². The highest BCUT2D eigenvalue weighted by Gasteiger charge is 2.69. The monoisotopic (exact) mass is 606 g/mol. The Morgan fingerprint density at radius 3 is 1.72 bits per heavy atom. The highest BCUT2D eigenvalue weighted by molar-refractivity contribution is 7.81. The van der Waals surface area contributed by atoms with E-state index in [0.29, 0.717) is 0 Å². The number of hydrogen-bond donors (Lipinski definition) is 1. The van der Waals surface area contributed by atoms with Crippen molar-refractivity contribution >= 4 is 24.6 Å². The van der Waals surface area contributed by atoms with Gasteiger partial charge in [0.15, 0.2) is 0 Å². The molecule has 4 rings (SSSR count). The van der Waals surface area contributed by atoms with Crippen LogP contribution < -0.4 is 0 Å². The number of carbonyl (C=O) groups excluding carboxylic acids is 2. The Hall–Kier alpha value is -1.45. The quantitative estimate of drug-likeness (QED) is 0.0867. The number of rotatable bonds is 12. The van der Waals surface area contributed by atoms with E-state index in [1.165, 1.54) is 0 Å². The number of ether oxygens (including phenoxy) is 3. The smallest absolute Gasteiger partial charge is 0.460 e. The van der Waals surface area contributed by atoms with Crippen LogP contribution in [0, 0.1) is 23.2 Å². The molecule has 1 unspecified atom stereocenters. The number of esters is 2. The number of hydrogen-bond acceptors (Lipinski definition) is 6. The molecule has 4 aliphatic rings. The number of unbranched alkanes of at least 4 members (excludes halogenated alkanes) is 1. The minimum absolute atomic E-state index is 0.0652. The maximum absolute atomic E-state index is 14.3. The van der Waals surface area contributed by atoms with Crippen LogP contribution in [0.2, 0.25) is 0 Å². The largest absolute Gasteiger partial charge is 0.468 e. The molecule has 0 aromatic heterocycles. The summed E-state index contributed by atoms with van der Waals surface area (Å²) >= 11 is 2.49. The third-order valence-electron chi connectivity index (χ3n) is 7.60. The standard InChI is InChI=1S/C23H28F10O5S/c24-19(25,23(32,33)39)3-1-2-5-37-21(22(29,30)31,17(35)36-6-4-20(26,27)28)38-16(34)18-10-13-7-14(11-18)9-15(8-13)12-18/h13-15,39H,1-12H2. The van der Waals surface area contributed by atoms with Crippen molar-refractivity contribution in [1.29, 1.82) is 0 Å². The Labute approximate surface area is 222 Å². The number of alkyl halides is 10. The van der Waals surface area contributed by atoms with E-state index in [9.17, 15) is 53.5 Å². The lowest BCUT2D eigenvalue weighted by Crippen LogP contribution is -2.61. The highest BCUT2D eigenvalue weighted by atomic mass is 32.1. The van der Waals surface area contributed by atoms with Gasteiger partial charge in [0.1, 0.15) is 6.61 Å². The van der Waals surface area contributed by atoms with Gasteiger partial charge in [0.2, 0.25) is 0 Å². The van der Waals surface area contributed by atoms with E-state index in [1.807, 2.05) is 0 Å². The number of halogens is 10. The summed E-state index contributed by atoms with van der Waals surface area (Å²) in [5.41, 5.74) is -1.35. The maximum Gasteiger partial charge on any atom is 0.468 e. The Balaban J connectivity index is 1.78. The molecule has 0 aromatic rings. The van der Waals surface area contributed by atoms with Crippen LogP contribution in [0.15, 0.2) is 0 Å². The molecule has 16 heteroatoms. The molecule has 4 aliphatic carbocycles. The highest BCUT2D eigenvalue weighted by Crippen LogP contribution is 2.61. The molecule has 0 N–H and O–H groups in total. The second-order valence-corrected chi connectivity index (χ2v) is 11.3. The van der Waals surface area contributed by atoms with Crippen molar-refractivity contribution < 1.29 is 67.7 Å². The van der Waals surface area contributed by atoms with E-state index in [1.54, 1.807) is 0 Å². The fourth-order valence-corrected chi connectivity index (χ4v) is 6.27. The van der Waals surface area contributed by atoms with Crippen molar-refractivity contribution in [3.63, 3.8) is 0 Å². The van der Waals surface area contributed by atoms with Crippen LogP contribution in [-0.2, 0) is 23.8 Å². The van der Waals surface area contributed by atoms with Gasteiger partial charge in [-0.2, -0.15) is 43.9 Å². The van der Waals surface area contributed by atoms with Gasteiger partial charge in [-0.25, -0.2) is 4.79 Å². The summed E-state index contributed by atoms with van der Waals surface area (Å²) in [7, 11) is 0. The molecule has 0 aromatic carbocycles. The third-order valence-corrected chi connectivity index (χ3v) is 7.93. The first kappa shape index (κ1) is 32.1. The summed E-state index contributed by atoms with van der Waals surface area (Å²) in [5, 5.41) is -4.71. The Morgan fingerprint density at radius 2 is 1.28 bits per heavy atom. The average Bonchev–Trinajstić information content (AvgIpc) is 2.74. The maximum atomic E-state index is 14.3. The molecular formula is C23H28F10O5S. The van der Waals surface area contributed by atoms with Gasteiger partial charge in [0, 0.05) is 6.42 Å². The van der Waals surface area contributed by atoms with Crippen molar-refractivity contribution in [2.45, 2.75) is 93.5 Å². The van der Waals surface area contributed by atoms with Crippen LogP contribution in [-0.4, -0.2) is 54.5 Å². The van der Waals surface area contributed by atoms with Crippen LogP contribution in [0.1, 0.15) is 64.2 Å². The van der Waals surface area contributed by atoms with Crippen molar-refractivity contribution in [3.8, 4) is 0 Å². The van der Waals surface area contributed by atoms with Crippen LogP contribution in [0.25, 0.3) is 0 Å². The molecule has 4 fully saturated rings. The van der Waals surface area contributed by atoms with Crippen LogP contribution >= 0.6 is 12.6 Å². The van der Waals surface area contributed by atoms with Crippen molar-refractivity contribution in [1.82, 2.24) is 0 Å². The van der Waals surface area contributed by atoms with Crippen LogP contribution in [0.5, 0.6) is 0 Å². The molecule has 0 aliphatic heterocycles. The summed E-state index contributed by atoms with van der Waals surface area (Å²) in [6, 6.07) is 0. The fourth-order valence-electron chi connectivity index (χ4n) is 6.15. The van der Waals surface area contributed by atoms with Gasteiger partial charge >= 0.3 is 41.3 Å². The van der Waals surface area contributed by atoms with Crippen molar-refractivity contribution in [2.24, 2.45) is 23.2 Å². The Bertz CT molecular complexity index is 866. The molecule has 226 valence electrons. The molecular weight excluding hydrogens is 578 g/mol. The second-order valence-electron chi connectivity index (χ2n) is 10.8. The first-order chi connectivity index (χ1) is 17.7. The molecule has 0 saturated heterocycles. The van der Waals surface area contributed by atoms with E-state index < -0.39 is 85.6 Å². The van der Waals surface area contributed by atoms with Crippen molar-refractivity contribution in [2.75, 3.05) is 13.2 Å². The van der Waals surface area contributed by atoms with Gasteiger partial charge in [0.25, 0.3) is 0 Å². The normalized spacial score (nSPS) is 28.7. The molecule has 0 heterocycles. The molecule has 0 amide bonds. The summed E-state index contributed by atoms with van der Waals surface area (Å²) in [5.74, 6) is -12.8. The lowest BCUT2D eigenvalue weighted by molar-refractivity contribution is -0.359. The minimum atomic E-state index is -5.84. The number of thiol groups is 1. The fraction of sp³-hybridized carbons (Fsp3) is 0.913. The van der Waals surface area contributed by atoms with Gasteiger partial charge in [0.05, 0.1) is 18.4 Å². The summed E-state index contributed by atoms with van der Waals surface area (Å²) in [6.07, 6.45) is -12.6. The molecule has 5 nitrogen and oxygen atoms in total. The van der Waals surface area contributed by atoms with Crippen LogP contribution in [0.3, 0.4) is 0 Å². The average molecular weight is 607 g/mol. The lowest BCUT2D eigenvalue weighted by atomic mass is 9.49. The zero-order chi connectivity index (χ0) is 29.5. The molecule has 4 saturated carbocycles. The molecule has 39 heavy (non-hydrogen) atoms. The summed E-state index contributed by atoms with van der Waals surface area (Å²) in [4.78, 5) is 25.8. The van der Waals surface area contributed by atoms with E-state index in [4.69, 9.17) is 4.74 Å². The molecule has 0 radical (unpaired) electrons. The second kappa shape index (κ2) is 11.1. The van der Waals surface area contributed by atoms with E-state index in [-0.39, 0.29) is 37.0 Å². The molecule has 1 atom stereocenters. The van der Waals surface area contributed by atoms with E-state index in [2.05, 4.69) is 22.1 Å². The van der Waals surface area contributed by atoms with E-state index >= 15 is 0 Å². The van der Waals surface area contributed by atoms with Crippen molar-refractivity contribution in [3.05, 3.63) is 0 Å². The first-order valence-electron chi connectivity index (χ1n) is 12.4. The zero-order valence-electron chi connectivity index (χ0n) is 20.5. The van der Waals surface area contributed by atoms with Gasteiger partial charge < -0.3 is 14.2 Å². The predicted molar refractivity (Wildman–Crippen MR) is 116 cm³/mol. The lowest BCUT2D eigenvalue weighted by Gasteiger charge is -2.55. The topological polar surface area (TPSA) is 61.8 Å². The minimum Gasteiger partial charge on any atom is -0.460 e. The molecule has 0 spiro atoms. The summed E-state index contributed by atoms with van der Waals surface area (Å²) in [6.45, 7) is -2.74. The third kappa shape index (κ3) is 7.25. The number of carbonyl (C=O) groups is 2. The Morgan fingerprint density at radius 1 is 0.769 bits per heavy atom. The van der Waals surface area contributed by atoms with Crippen LogP contribution in [0.4, 0.5) is 43.9 Å². The Kier molecular flexibility index (Phi) is 9.12. The zero-order valence-corrected chi connectivity index (χ0v) is 21.4. The predicted octanol–water partition coefficient (Wildman–Crippen LogP) is 6.85. The van der Waals surface area contributed by atoms with Gasteiger partial charge in [-0.3, -0.25) is 4.79 Å². The van der Waals surface area contributed by atoms with Gasteiger partial charge in [-0.1, -0.05) is 12.6 Å². The molecule has 4 bridgehead atoms. The summed E-state index contributed by atoms with van der Waals surface area (Å²) < 4.78 is 146. The first-order valence-corrected chi connectivity index (χ1v) is 12.8. The SMILES string of the molecule is O=C(OC(OCCCCC(F)(F)C(F)(F)S)(C(=O)OCCC(F)(F)F)C(F)(F)F)C12CC3CC(CC(C3)C1)C2.